The van der Waals surface area contributed by atoms with E-state index in [0.717, 1.165) is 0 Å². The lowest BCUT2D eigenvalue weighted by Gasteiger charge is -1.86. The van der Waals surface area contributed by atoms with Crippen LogP contribution >= 0.6 is 46.1 Å². The molecule has 0 N–H and O–H groups in total. The number of nitrogens with zero attached hydrogens (tertiary/aromatic N) is 2. The van der Waals surface area contributed by atoms with E-state index in [2.05, 4.69) is 10.2 Å². The molecular formula is C6HCl3N2OS. The lowest BCUT2D eigenvalue weighted by molar-refractivity contribution is 0.571. The SMILES string of the molecule is Clc1nnc(-c2cc(Cl)sc2Cl)o1. The Morgan fingerprint density at radius 1 is 1.23 bits per heavy atom. The predicted octanol–water partition coefficient (Wildman–Crippen LogP) is 3.76. The Balaban J connectivity index is 2.51. The molecule has 0 unspecified atom stereocenters. The van der Waals surface area contributed by atoms with Crippen molar-refractivity contribution in [1.29, 1.82) is 0 Å². The molecule has 2 heterocycles. The normalized spacial score (nSPS) is 10.7. The summed E-state index contributed by atoms with van der Waals surface area (Å²) in [6, 6.07) is 1.65. The van der Waals surface area contributed by atoms with Crippen molar-refractivity contribution in [2.75, 3.05) is 0 Å². The highest BCUT2D eigenvalue weighted by Crippen LogP contribution is 2.37. The summed E-state index contributed by atoms with van der Waals surface area (Å²) in [6.07, 6.45) is 0. The second kappa shape index (κ2) is 3.46. The molecule has 0 bridgehead atoms. The van der Waals surface area contributed by atoms with E-state index in [1.807, 2.05) is 0 Å². The first kappa shape index (κ1) is 9.27. The van der Waals surface area contributed by atoms with Crippen LogP contribution in [0.4, 0.5) is 0 Å². The molecule has 3 nitrogen and oxygen atoms in total. The van der Waals surface area contributed by atoms with E-state index in [1.165, 1.54) is 11.3 Å². The largest absolute Gasteiger partial charge is 0.407 e. The Labute approximate surface area is 92.2 Å². The second-order valence-corrected chi connectivity index (χ2v) is 4.71. The minimum Gasteiger partial charge on any atom is -0.407 e. The van der Waals surface area contributed by atoms with Crippen molar-refractivity contribution < 1.29 is 4.42 Å². The minimum atomic E-state index is -0.0200. The van der Waals surface area contributed by atoms with Gasteiger partial charge in [0.1, 0.15) is 4.34 Å². The number of halogens is 3. The maximum Gasteiger partial charge on any atom is 0.313 e. The summed E-state index contributed by atoms with van der Waals surface area (Å²) < 4.78 is 6.04. The summed E-state index contributed by atoms with van der Waals surface area (Å²) in [7, 11) is 0. The minimum absolute atomic E-state index is 0.0200. The fourth-order valence-corrected chi connectivity index (χ4v) is 2.36. The van der Waals surface area contributed by atoms with Gasteiger partial charge in [-0.3, -0.25) is 0 Å². The maximum atomic E-state index is 5.85. The van der Waals surface area contributed by atoms with Crippen molar-refractivity contribution >= 4 is 46.1 Å². The molecular weight excluding hydrogens is 255 g/mol. The zero-order valence-electron chi connectivity index (χ0n) is 5.92. The Morgan fingerprint density at radius 3 is 2.46 bits per heavy atom. The molecule has 13 heavy (non-hydrogen) atoms. The molecule has 2 aromatic heterocycles. The van der Waals surface area contributed by atoms with Crippen LogP contribution in [0.2, 0.25) is 14.0 Å². The smallest absolute Gasteiger partial charge is 0.313 e. The third-order valence-electron chi connectivity index (χ3n) is 1.29. The highest BCUT2D eigenvalue weighted by molar-refractivity contribution is 7.20. The molecule has 0 aliphatic rings. The number of thiophene rings is 1. The fraction of sp³-hybridized carbons (Fsp3) is 0. The lowest BCUT2D eigenvalue weighted by Crippen LogP contribution is -1.73. The predicted molar refractivity (Wildman–Crippen MR) is 52.6 cm³/mol. The molecule has 0 radical (unpaired) electrons. The standard InChI is InChI=1S/C6HCl3N2OS/c7-3-1-2(4(8)13-3)5-10-11-6(9)12-5/h1H. The summed E-state index contributed by atoms with van der Waals surface area (Å²) in [5, 5.41) is 7.15. The van der Waals surface area contributed by atoms with Crippen LogP contribution in [0.3, 0.4) is 0 Å². The van der Waals surface area contributed by atoms with E-state index in [1.54, 1.807) is 6.07 Å². The van der Waals surface area contributed by atoms with E-state index < -0.39 is 0 Å². The average molecular weight is 256 g/mol. The molecule has 0 aliphatic carbocycles. The van der Waals surface area contributed by atoms with E-state index in [0.29, 0.717) is 14.2 Å². The summed E-state index contributed by atoms with van der Waals surface area (Å²) >= 11 is 18.3. The van der Waals surface area contributed by atoms with Crippen molar-refractivity contribution in [3.8, 4) is 11.5 Å². The van der Waals surface area contributed by atoms with E-state index >= 15 is 0 Å². The Bertz CT molecular complexity index is 439. The van der Waals surface area contributed by atoms with Gasteiger partial charge in [-0.15, -0.1) is 16.4 Å². The Hall–Kier alpha value is -0.290. The van der Waals surface area contributed by atoms with Crippen LogP contribution in [0.25, 0.3) is 11.5 Å². The molecule has 0 atom stereocenters. The fourth-order valence-electron chi connectivity index (χ4n) is 0.800. The monoisotopic (exact) mass is 254 g/mol. The number of hydrogen-bond donors (Lipinski definition) is 0. The van der Waals surface area contributed by atoms with Crippen LogP contribution in [0.1, 0.15) is 0 Å². The van der Waals surface area contributed by atoms with Gasteiger partial charge in [0.2, 0.25) is 0 Å². The molecule has 0 saturated carbocycles. The van der Waals surface area contributed by atoms with Gasteiger partial charge in [0.05, 0.1) is 9.90 Å². The van der Waals surface area contributed by atoms with Gasteiger partial charge in [-0.25, -0.2) is 0 Å². The molecule has 2 aromatic rings. The Morgan fingerprint density at radius 2 is 2.00 bits per heavy atom. The van der Waals surface area contributed by atoms with Crippen molar-refractivity contribution in [3.05, 3.63) is 20.1 Å². The van der Waals surface area contributed by atoms with Crippen LogP contribution in [-0.4, -0.2) is 10.2 Å². The molecule has 0 saturated heterocycles. The van der Waals surface area contributed by atoms with Gasteiger partial charge in [-0.1, -0.05) is 28.3 Å². The first-order valence-corrected chi connectivity index (χ1v) is 5.06. The molecule has 0 aromatic carbocycles. The molecule has 7 heteroatoms. The van der Waals surface area contributed by atoms with Crippen molar-refractivity contribution in [3.63, 3.8) is 0 Å². The molecule has 0 amide bonds. The second-order valence-electron chi connectivity index (χ2n) is 2.10. The summed E-state index contributed by atoms with van der Waals surface area (Å²) in [5.41, 5.74) is 0.607. The third-order valence-corrected chi connectivity index (χ3v) is 2.93. The van der Waals surface area contributed by atoms with E-state index in [-0.39, 0.29) is 11.2 Å². The van der Waals surface area contributed by atoms with Crippen LogP contribution in [0.15, 0.2) is 10.5 Å². The van der Waals surface area contributed by atoms with Gasteiger partial charge in [0.25, 0.3) is 5.89 Å². The summed E-state index contributed by atoms with van der Waals surface area (Å²) in [4.78, 5) is 0. The van der Waals surface area contributed by atoms with Crippen molar-refractivity contribution in [1.82, 2.24) is 10.2 Å². The molecule has 2 rings (SSSR count). The van der Waals surface area contributed by atoms with Gasteiger partial charge in [0.15, 0.2) is 0 Å². The summed E-state index contributed by atoms with van der Waals surface area (Å²) in [5.74, 6) is 0.276. The van der Waals surface area contributed by atoms with Crippen LogP contribution < -0.4 is 0 Å². The van der Waals surface area contributed by atoms with Gasteiger partial charge >= 0.3 is 5.35 Å². The lowest BCUT2D eigenvalue weighted by atomic mass is 10.3. The number of aromatic nitrogens is 2. The molecule has 0 fully saturated rings. The average Bonchev–Trinajstić information content (AvgIpc) is 2.58. The number of rotatable bonds is 1. The Kier molecular flexibility index (Phi) is 2.47. The van der Waals surface area contributed by atoms with Crippen molar-refractivity contribution in [2.24, 2.45) is 0 Å². The highest BCUT2D eigenvalue weighted by atomic mass is 35.5. The first-order chi connectivity index (χ1) is 6.16. The summed E-state index contributed by atoms with van der Waals surface area (Å²) in [6.45, 7) is 0. The first-order valence-electron chi connectivity index (χ1n) is 3.11. The van der Waals surface area contributed by atoms with E-state index in [9.17, 15) is 0 Å². The zero-order valence-corrected chi connectivity index (χ0v) is 9.01. The number of hydrogen-bond acceptors (Lipinski definition) is 4. The highest BCUT2D eigenvalue weighted by Gasteiger charge is 2.14. The van der Waals surface area contributed by atoms with Crippen LogP contribution in [-0.2, 0) is 0 Å². The van der Waals surface area contributed by atoms with Crippen molar-refractivity contribution in [2.45, 2.75) is 0 Å². The zero-order chi connectivity index (χ0) is 9.42. The van der Waals surface area contributed by atoms with Crippen LogP contribution in [0, 0.1) is 0 Å². The molecule has 68 valence electrons. The quantitative estimate of drug-likeness (QED) is 0.779. The van der Waals surface area contributed by atoms with Gasteiger partial charge in [-0.2, -0.15) is 0 Å². The van der Waals surface area contributed by atoms with E-state index in [4.69, 9.17) is 39.2 Å². The topological polar surface area (TPSA) is 38.9 Å². The van der Waals surface area contributed by atoms with Gasteiger partial charge in [0, 0.05) is 0 Å². The van der Waals surface area contributed by atoms with Gasteiger partial charge < -0.3 is 4.42 Å². The van der Waals surface area contributed by atoms with Gasteiger partial charge in [-0.05, 0) is 17.7 Å². The molecule has 0 aliphatic heterocycles. The van der Waals surface area contributed by atoms with Crippen LogP contribution in [0.5, 0.6) is 0 Å². The molecule has 0 spiro atoms. The third kappa shape index (κ3) is 1.81. The maximum absolute atomic E-state index is 5.85.